The number of ether oxygens (including phenoxy) is 1. The first-order valence-electron chi connectivity index (χ1n) is 5.48. The Morgan fingerprint density at radius 2 is 2.59 bits per heavy atom. The zero-order chi connectivity index (χ0) is 12.5. The van der Waals surface area contributed by atoms with E-state index in [1.165, 1.54) is 0 Å². The van der Waals surface area contributed by atoms with Crippen LogP contribution in [-0.2, 0) is 23.1 Å². The predicted molar refractivity (Wildman–Crippen MR) is 59.8 cm³/mol. The summed E-state index contributed by atoms with van der Waals surface area (Å²) in [5.74, 6) is 0.597. The van der Waals surface area contributed by atoms with Crippen molar-refractivity contribution in [1.29, 1.82) is 0 Å². The molecular formula is C10H17N5O2. The molecule has 94 valence electrons. The van der Waals surface area contributed by atoms with Gasteiger partial charge in [0.2, 0.25) is 5.91 Å². The maximum atomic E-state index is 12.1. The Labute approximate surface area is 99.3 Å². The summed E-state index contributed by atoms with van der Waals surface area (Å²) >= 11 is 0. The van der Waals surface area contributed by atoms with Crippen molar-refractivity contribution in [2.75, 3.05) is 13.2 Å². The molecule has 3 N–H and O–H groups in total. The van der Waals surface area contributed by atoms with E-state index in [-0.39, 0.29) is 11.9 Å². The normalized spacial score (nSPS) is 28.3. The van der Waals surface area contributed by atoms with E-state index >= 15 is 0 Å². The monoisotopic (exact) mass is 239 g/mol. The van der Waals surface area contributed by atoms with E-state index in [0.717, 1.165) is 0 Å². The Kier molecular flexibility index (Phi) is 3.12. The van der Waals surface area contributed by atoms with E-state index in [9.17, 15) is 4.79 Å². The fraction of sp³-hybridized carbons (Fsp3) is 0.700. The number of carbonyl (C=O) groups is 1. The van der Waals surface area contributed by atoms with Crippen LogP contribution in [0.5, 0.6) is 0 Å². The highest BCUT2D eigenvalue weighted by Crippen LogP contribution is 2.27. The molecule has 7 heteroatoms. The first-order valence-corrected chi connectivity index (χ1v) is 5.48. The largest absolute Gasteiger partial charge is 0.379 e. The van der Waals surface area contributed by atoms with E-state index in [1.54, 1.807) is 10.9 Å². The van der Waals surface area contributed by atoms with Crippen molar-refractivity contribution in [3.05, 3.63) is 12.2 Å². The highest BCUT2D eigenvalue weighted by Gasteiger charge is 2.44. The van der Waals surface area contributed by atoms with E-state index in [0.29, 0.717) is 25.6 Å². The lowest BCUT2D eigenvalue weighted by molar-refractivity contribution is -0.130. The fourth-order valence-corrected chi connectivity index (χ4v) is 1.75. The number of rotatable bonds is 3. The first-order chi connectivity index (χ1) is 8.04. The summed E-state index contributed by atoms with van der Waals surface area (Å²) in [6.45, 7) is 2.95. The molecule has 0 aliphatic carbocycles. The van der Waals surface area contributed by atoms with Crippen LogP contribution in [0.3, 0.4) is 0 Å². The lowest BCUT2D eigenvalue weighted by Gasteiger charge is -2.25. The Hall–Kier alpha value is -1.47. The third-order valence-electron chi connectivity index (χ3n) is 3.25. The zero-order valence-corrected chi connectivity index (χ0v) is 10.0. The molecule has 1 aromatic rings. The number of amides is 1. The number of nitrogens with two attached hydrogens (primary N) is 1. The van der Waals surface area contributed by atoms with Crippen molar-refractivity contribution in [2.45, 2.75) is 19.5 Å². The van der Waals surface area contributed by atoms with Crippen LogP contribution >= 0.6 is 0 Å². The smallest absolute Gasteiger partial charge is 0.230 e. The van der Waals surface area contributed by atoms with Crippen molar-refractivity contribution >= 4 is 5.91 Å². The Morgan fingerprint density at radius 1 is 1.82 bits per heavy atom. The number of hydrogen-bond acceptors (Lipinski definition) is 5. The summed E-state index contributed by atoms with van der Waals surface area (Å²) in [5.41, 5.74) is 5.22. The molecule has 0 spiro atoms. The number of aromatic nitrogens is 3. The van der Waals surface area contributed by atoms with E-state index in [1.807, 2.05) is 14.0 Å². The second-order valence-corrected chi connectivity index (χ2v) is 4.58. The van der Waals surface area contributed by atoms with Crippen LogP contribution in [-0.4, -0.2) is 39.9 Å². The summed E-state index contributed by atoms with van der Waals surface area (Å²) in [6.07, 6.45) is 1.59. The number of aryl methyl sites for hydroxylation is 1. The van der Waals surface area contributed by atoms with Gasteiger partial charge in [0.05, 0.1) is 25.2 Å². The second-order valence-electron chi connectivity index (χ2n) is 4.58. The summed E-state index contributed by atoms with van der Waals surface area (Å²) < 4.78 is 6.99. The SMILES string of the molecule is Cn1cnnc1CNC(=O)C1(C)COCC1N. The second kappa shape index (κ2) is 4.42. The van der Waals surface area contributed by atoms with Gasteiger partial charge in [-0.2, -0.15) is 0 Å². The molecule has 2 unspecified atom stereocenters. The molecule has 0 bridgehead atoms. The first kappa shape index (κ1) is 12.0. The zero-order valence-electron chi connectivity index (χ0n) is 10.0. The third kappa shape index (κ3) is 2.16. The number of nitrogens with zero attached hydrogens (tertiary/aromatic N) is 3. The van der Waals surface area contributed by atoms with E-state index in [4.69, 9.17) is 10.5 Å². The van der Waals surface area contributed by atoms with Crippen molar-refractivity contribution in [1.82, 2.24) is 20.1 Å². The van der Waals surface area contributed by atoms with Gasteiger partial charge in [0.15, 0.2) is 5.82 Å². The summed E-state index contributed by atoms with van der Waals surface area (Å²) in [7, 11) is 1.83. The van der Waals surface area contributed by atoms with Crippen molar-refractivity contribution in [2.24, 2.45) is 18.2 Å². The van der Waals surface area contributed by atoms with Gasteiger partial charge in [-0.25, -0.2) is 0 Å². The van der Waals surface area contributed by atoms with Crippen LogP contribution < -0.4 is 11.1 Å². The molecule has 17 heavy (non-hydrogen) atoms. The Balaban J connectivity index is 1.96. The van der Waals surface area contributed by atoms with Gasteiger partial charge in [-0.15, -0.1) is 10.2 Å². The van der Waals surface area contributed by atoms with Crippen LogP contribution in [0, 0.1) is 5.41 Å². The van der Waals surface area contributed by atoms with Crippen molar-refractivity contribution < 1.29 is 9.53 Å². The predicted octanol–water partition coefficient (Wildman–Crippen LogP) is -1.20. The molecule has 1 fully saturated rings. The molecular weight excluding hydrogens is 222 g/mol. The quantitative estimate of drug-likeness (QED) is 0.690. The van der Waals surface area contributed by atoms with Crippen LogP contribution in [0.25, 0.3) is 0 Å². The lowest BCUT2D eigenvalue weighted by Crippen LogP contribution is -2.49. The maximum absolute atomic E-state index is 12.1. The molecule has 1 aliphatic heterocycles. The highest BCUT2D eigenvalue weighted by atomic mass is 16.5. The average molecular weight is 239 g/mol. The van der Waals surface area contributed by atoms with Gasteiger partial charge in [0, 0.05) is 13.1 Å². The van der Waals surface area contributed by atoms with Gasteiger partial charge in [0.25, 0.3) is 0 Å². The van der Waals surface area contributed by atoms with Crippen molar-refractivity contribution in [3.63, 3.8) is 0 Å². The fourth-order valence-electron chi connectivity index (χ4n) is 1.75. The summed E-state index contributed by atoms with van der Waals surface area (Å²) in [5, 5.41) is 10.5. The summed E-state index contributed by atoms with van der Waals surface area (Å²) in [6, 6.07) is -0.262. The van der Waals surface area contributed by atoms with Gasteiger partial charge >= 0.3 is 0 Å². The molecule has 7 nitrogen and oxygen atoms in total. The van der Waals surface area contributed by atoms with Gasteiger partial charge < -0.3 is 20.4 Å². The van der Waals surface area contributed by atoms with Crippen LogP contribution in [0.15, 0.2) is 6.33 Å². The molecule has 2 atom stereocenters. The topological polar surface area (TPSA) is 95.1 Å². The maximum Gasteiger partial charge on any atom is 0.230 e. The van der Waals surface area contributed by atoms with Crippen LogP contribution in [0.4, 0.5) is 0 Å². The lowest BCUT2D eigenvalue weighted by atomic mass is 9.85. The molecule has 1 saturated heterocycles. The minimum atomic E-state index is -0.654. The molecule has 0 saturated carbocycles. The third-order valence-corrected chi connectivity index (χ3v) is 3.25. The van der Waals surface area contributed by atoms with Gasteiger partial charge in [-0.05, 0) is 6.92 Å². The molecule has 1 aliphatic rings. The van der Waals surface area contributed by atoms with E-state index < -0.39 is 5.41 Å². The van der Waals surface area contributed by atoms with Gasteiger partial charge in [-0.1, -0.05) is 0 Å². The molecule has 2 rings (SSSR count). The standard InChI is InChI=1S/C10H17N5O2/c1-10(5-17-4-7(10)11)9(16)12-3-8-14-13-6-15(8)2/h6-7H,3-5,11H2,1-2H3,(H,12,16). The van der Waals surface area contributed by atoms with Crippen LogP contribution in [0.2, 0.25) is 0 Å². The molecule has 1 amide bonds. The Morgan fingerprint density at radius 3 is 3.12 bits per heavy atom. The molecule has 1 aromatic heterocycles. The van der Waals surface area contributed by atoms with Gasteiger partial charge in [0.1, 0.15) is 6.33 Å². The van der Waals surface area contributed by atoms with Crippen LogP contribution in [0.1, 0.15) is 12.7 Å². The Bertz CT molecular complexity index is 419. The number of carbonyl (C=O) groups excluding carboxylic acids is 1. The highest BCUT2D eigenvalue weighted by molar-refractivity contribution is 5.83. The summed E-state index contributed by atoms with van der Waals surface area (Å²) in [4.78, 5) is 12.1. The molecule has 0 aromatic carbocycles. The van der Waals surface area contributed by atoms with E-state index in [2.05, 4.69) is 15.5 Å². The minimum Gasteiger partial charge on any atom is -0.379 e. The number of hydrogen-bond donors (Lipinski definition) is 2. The van der Waals surface area contributed by atoms with Gasteiger partial charge in [-0.3, -0.25) is 4.79 Å². The molecule has 2 heterocycles. The number of nitrogens with one attached hydrogen (secondary N) is 1. The molecule has 0 radical (unpaired) electrons. The van der Waals surface area contributed by atoms with Crippen molar-refractivity contribution in [3.8, 4) is 0 Å². The average Bonchev–Trinajstić information content (AvgIpc) is 2.84. The minimum absolute atomic E-state index is 0.106.